The summed E-state index contributed by atoms with van der Waals surface area (Å²) in [6, 6.07) is 4.23. The van der Waals surface area contributed by atoms with Crippen molar-refractivity contribution in [2.45, 2.75) is 50.8 Å². The molecule has 0 aliphatic rings. The summed E-state index contributed by atoms with van der Waals surface area (Å²) in [5.41, 5.74) is 9.06. The predicted molar refractivity (Wildman–Crippen MR) is 100 cm³/mol. The van der Waals surface area contributed by atoms with Gasteiger partial charge in [-0.1, -0.05) is 17.7 Å². The van der Waals surface area contributed by atoms with E-state index in [0.29, 0.717) is 18.7 Å². The van der Waals surface area contributed by atoms with Gasteiger partial charge in [-0.2, -0.15) is 0 Å². The lowest BCUT2D eigenvalue weighted by molar-refractivity contribution is 0.698. The van der Waals surface area contributed by atoms with Crippen molar-refractivity contribution in [3.8, 4) is 0 Å². The maximum absolute atomic E-state index is 12.1. The highest BCUT2D eigenvalue weighted by atomic mass is 32.2. The van der Waals surface area contributed by atoms with Crippen LogP contribution in [0.25, 0.3) is 0 Å². The van der Waals surface area contributed by atoms with Crippen molar-refractivity contribution in [2.24, 2.45) is 5.73 Å². The molecular formula is C18H25N3O2S. The van der Waals surface area contributed by atoms with Crippen LogP contribution >= 0.6 is 11.8 Å². The monoisotopic (exact) mass is 347 g/mol. The molecule has 0 bridgehead atoms. The third kappa shape index (κ3) is 4.19. The number of hydrogen-bond acceptors (Lipinski definition) is 4. The zero-order valence-corrected chi connectivity index (χ0v) is 15.7. The normalized spacial score (nSPS) is 11.8. The number of aromatic amines is 1. The van der Waals surface area contributed by atoms with E-state index in [4.69, 9.17) is 5.73 Å². The summed E-state index contributed by atoms with van der Waals surface area (Å²) in [4.78, 5) is 27.2. The molecule has 5 nitrogen and oxygen atoms in total. The minimum atomic E-state index is -0.390. The van der Waals surface area contributed by atoms with Crippen LogP contribution in [0.2, 0.25) is 0 Å². The van der Waals surface area contributed by atoms with E-state index in [1.807, 2.05) is 6.92 Å². The summed E-state index contributed by atoms with van der Waals surface area (Å²) in [6.45, 7) is 11.0. The Balaban J connectivity index is 2.52. The molecule has 2 aromatic rings. The molecular weight excluding hydrogens is 322 g/mol. The average molecular weight is 347 g/mol. The fraction of sp³-hybridized carbons (Fsp3) is 0.444. The quantitative estimate of drug-likeness (QED) is 0.814. The first-order valence-corrected chi connectivity index (χ1v) is 8.74. The summed E-state index contributed by atoms with van der Waals surface area (Å²) in [7, 11) is 0. The molecule has 1 heterocycles. The van der Waals surface area contributed by atoms with Gasteiger partial charge in [0.05, 0.1) is 6.54 Å². The minimum Gasteiger partial charge on any atom is -0.329 e. The highest BCUT2D eigenvalue weighted by Gasteiger charge is 2.21. The number of thioether (sulfide) groups is 1. The van der Waals surface area contributed by atoms with Gasteiger partial charge in [0.2, 0.25) is 0 Å². The standard InChI is InChI=1S/C18H25N3O2S/c1-11-6-12(2)15(24-18(4,5)10-19)14(7-11)9-21-8-13(3)16(22)20-17(21)23/h6-8H,9-10,19H2,1-5H3,(H,20,22,23). The number of aryl methyl sites for hydroxylation is 3. The van der Waals surface area contributed by atoms with E-state index < -0.39 is 5.69 Å². The highest BCUT2D eigenvalue weighted by molar-refractivity contribution is 8.00. The van der Waals surface area contributed by atoms with E-state index in [0.717, 1.165) is 16.0 Å². The summed E-state index contributed by atoms with van der Waals surface area (Å²) in [6.07, 6.45) is 1.61. The Morgan fingerprint density at radius 1 is 1.17 bits per heavy atom. The molecule has 0 aliphatic carbocycles. The van der Waals surface area contributed by atoms with E-state index in [1.54, 1.807) is 29.4 Å². The lowest BCUT2D eigenvalue weighted by Crippen LogP contribution is -2.31. The molecule has 0 saturated carbocycles. The molecule has 130 valence electrons. The zero-order chi connectivity index (χ0) is 18.1. The largest absolute Gasteiger partial charge is 0.329 e. The third-order valence-corrected chi connectivity index (χ3v) is 5.40. The molecule has 3 N–H and O–H groups in total. The molecule has 1 aromatic heterocycles. The summed E-state index contributed by atoms with van der Waals surface area (Å²) in [5.74, 6) is 0. The van der Waals surface area contributed by atoms with Crippen molar-refractivity contribution in [1.82, 2.24) is 9.55 Å². The van der Waals surface area contributed by atoms with Crippen molar-refractivity contribution in [3.63, 3.8) is 0 Å². The van der Waals surface area contributed by atoms with Crippen molar-refractivity contribution in [3.05, 3.63) is 61.4 Å². The molecule has 0 unspecified atom stereocenters. The van der Waals surface area contributed by atoms with E-state index in [2.05, 4.69) is 37.9 Å². The van der Waals surface area contributed by atoms with Gasteiger partial charge in [0, 0.05) is 27.9 Å². The minimum absolute atomic E-state index is 0.0966. The Hall–Kier alpha value is -1.79. The number of nitrogens with zero attached hydrogens (tertiary/aromatic N) is 1. The van der Waals surface area contributed by atoms with Crippen LogP contribution in [0.15, 0.2) is 32.8 Å². The second-order valence-corrected chi connectivity index (χ2v) is 8.55. The van der Waals surface area contributed by atoms with Crippen molar-refractivity contribution in [2.75, 3.05) is 6.54 Å². The van der Waals surface area contributed by atoms with Crippen molar-refractivity contribution >= 4 is 11.8 Å². The van der Waals surface area contributed by atoms with Crippen LogP contribution in [-0.2, 0) is 6.54 Å². The van der Waals surface area contributed by atoms with Gasteiger partial charge >= 0.3 is 5.69 Å². The number of aromatic nitrogens is 2. The number of nitrogens with one attached hydrogen (secondary N) is 1. The van der Waals surface area contributed by atoms with E-state index in [9.17, 15) is 9.59 Å². The Kier molecular flexibility index (Phi) is 5.40. The van der Waals surface area contributed by atoms with Crippen LogP contribution in [0.4, 0.5) is 0 Å². The number of rotatable bonds is 5. The Bertz CT molecular complexity index is 866. The van der Waals surface area contributed by atoms with Gasteiger partial charge in [0.25, 0.3) is 5.56 Å². The smallest absolute Gasteiger partial charge is 0.328 e. The highest BCUT2D eigenvalue weighted by Crippen LogP contribution is 2.37. The second-order valence-electron chi connectivity index (χ2n) is 6.84. The number of benzene rings is 1. The first-order chi connectivity index (χ1) is 11.1. The van der Waals surface area contributed by atoms with E-state index in [1.165, 1.54) is 5.56 Å². The molecule has 0 saturated heterocycles. The summed E-state index contributed by atoms with van der Waals surface area (Å²) < 4.78 is 1.45. The molecule has 0 fully saturated rings. The summed E-state index contributed by atoms with van der Waals surface area (Å²) >= 11 is 1.73. The molecule has 6 heteroatoms. The Morgan fingerprint density at radius 2 is 1.83 bits per heavy atom. The zero-order valence-electron chi connectivity index (χ0n) is 14.9. The third-order valence-electron chi connectivity index (χ3n) is 3.90. The van der Waals surface area contributed by atoms with Crippen LogP contribution in [0.5, 0.6) is 0 Å². The maximum atomic E-state index is 12.1. The predicted octanol–water partition coefficient (Wildman–Crippen LogP) is 2.34. The van der Waals surface area contributed by atoms with Crippen LogP contribution in [0, 0.1) is 20.8 Å². The van der Waals surface area contributed by atoms with E-state index >= 15 is 0 Å². The van der Waals surface area contributed by atoms with Gasteiger partial charge in [0.1, 0.15) is 0 Å². The maximum Gasteiger partial charge on any atom is 0.328 e. The van der Waals surface area contributed by atoms with Gasteiger partial charge in [-0.15, -0.1) is 11.8 Å². The van der Waals surface area contributed by atoms with Crippen LogP contribution in [0.3, 0.4) is 0 Å². The SMILES string of the molecule is Cc1cc(C)c(SC(C)(C)CN)c(Cn2cc(C)c(=O)[nH]c2=O)c1. The second kappa shape index (κ2) is 6.99. The van der Waals surface area contributed by atoms with Crippen molar-refractivity contribution in [1.29, 1.82) is 0 Å². The molecule has 0 amide bonds. The molecule has 1 aromatic carbocycles. The fourth-order valence-corrected chi connectivity index (χ4v) is 3.65. The van der Waals surface area contributed by atoms with Gasteiger partial charge in [-0.25, -0.2) is 4.79 Å². The van der Waals surface area contributed by atoms with Crippen LogP contribution < -0.4 is 17.0 Å². The topological polar surface area (TPSA) is 80.9 Å². The Morgan fingerprint density at radius 3 is 2.46 bits per heavy atom. The molecule has 2 rings (SSSR count). The van der Waals surface area contributed by atoms with Crippen LogP contribution in [-0.4, -0.2) is 20.8 Å². The van der Waals surface area contributed by atoms with Gasteiger partial charge < -0.3 is 5.73 Å². The van der Waals surface area contributed by atoms with Crippen LogP contribution in [0.1, 0.15) is 36.1 Å². The average Bonchev–Trinajstić information content (AvgIpc) is 2.48. The Labute approximate surface area is 146 Å². The molecule has 0 spiro atoms. The van der Waals surface area contributed by atoms with E-state index in [-0.39, 0.29) is 10.3 Å². The molecule has 24 heavy (non-hydrogen) atoms. The lowest BCUT2D eigenvalue weighted by atomic mass is 10.1. The molecule has 0 atom stereocenters. The number of hydrogen-bond donors (Lipinski definition) is 2. The van der Waals surface area contributed by atoms with Gasteiger partial charge in [-0.3, -0.25) is 14.3 Å². The number of nitrogens with two attached hydrogens (primary N) is 1. The lowest BCUT2D eigenvalue weighted by Gasteiger charge is -2.25. The summed E-state index contributed by atoms with van der Waals surface area (Å²) in [5, 5.41) is 0. The molecule has 0 aliphatic heterocycles. The van der Waals surface area contributed by atoms with Gasteiger partial charge in [-0.05, 0) is 45.7 Å². The fourth-order valence-electron chi connectivity index (χ4n) is 2.54. The number of H-pyrrole nitrogens is 1. The first kappa shape index (κ1) is 18.5. The van der Waals surface area contributed by atoms with Crippen molar-refractivity contribution < 1.29 is 0 Å². The first-order valence-electron chi connectivity index (χ1n) is 7.92. The van der Waals surface area contributed by atoms with Gasteiger partial charge in [0.15, 0.2) is 0 Å². The molecule has 0 radical (unpaired) electrons.